The minimum absolute atomic E-state index is 0.0823. The Kier molecular flexibility index (Phi) is 10.1. The molecule has 0 radical (unpaired) electrons. The number of aromatic amines is 1. The number of hydrogen-bond donors (Lipinski definition) is 4. The molecule has 2 heterocycles. The van der Waals surface area contributed by atoms with Crippen LogP contribution in [0.25, 0.3) is 17.0 Å². The molecule has 5 aromatic rings. The number of amides is 3. The summed E-state index contributed by atoms with van der Waals surface area (Å²) >= 11 is 2.82. The molecule has 9 nitrogen and oxygen atoms in total. The van der Waals surface area contributed by atoms with Gasteiger partial charge in [-0.2, -0.15) is 0 Å². The van der Waals surface area contributed by atoms with Crippen LogP contribution in [0.2, 0.25) is 0 Å². The van der Waals surface area contributed by atoms with Gasteiger partial charge in [-0.1, -0.05) is 36.4 Å². The largest absolute Gasteiger partial charge is 0.465 e. The van der Waals surface area contributed by atoms with Gasteiger partial charge in [0.1, 0.15) is 10.7 Å². The number of aromatic nitrogens is 1. The molecule has 3 aromatic carbocycles. The molecule has 11 heteroatoms. The first kappa shape index (κ1) is 32.8. The van der Waals surface area contributed by atoms with Crippen molar-refractivity contribution in [2.24, 2.45) is 0 Å². The van der Waals surface area contributed by atoms with Crippen LogP contribution < -0.4 is 16.0 Å². The van der Waals surface area contributed by atoms with E-state index < -0.39 is 23.0 Å². The number of ether oxygens (including phenoxy) is 1. The summed E-state index contributed by atoms with van der Waals surface area (Å²) in [5, 5.41) is 9.61. The third-order valence-corrected chi connectivity index (χ3v) is 10.4. The number of H-pyrrole nitrogens is 1. The van der Waals surface area contributed by atoms with Gasteiger partial charge in [-0.15, -0.1) is 23.1 Å². The van der Waals surface area contributed by atoms with Crippen molar-refractivity contribution in [3.8, 4) is 0 Å². The Balaban J connectivity index is 1.14. The Morgan fingerprint density at radius 1 is 0.917 bits per heavy atom. The number of fused-ring (bicyclic) bond motifs is 2. The molecule has 0 saturated carbocycles. The van der Waals surface area contributed by atoms with Gasteiger partial charge in [0.2, 0.25) is 5.91 Å². The van der Waals surface area contributed by atoms with Gasteiger partial charge < -0.3 is 25.7 Å². The molecule has 4 N–H and O–H groups in total. The van der Waals surface area contributed by atoms with Gasteiger partial charge in [0, 0.05) is 43.7 Å². The Bertz CT molecular complexity index is 2010. The number of benzene rings is 3. The van der Waals surface area contributed by atoms with Crippen LogP contribution >= 0.6 is 23.1 Å². The third-order valence-electron chi connectivity index (χ3n) is 8.04. The van der Waals surface area contributed by atoms with Crippen molar-refractivity contribution in [1.29, 1.82) is 0 Å². The smallest absolute Gasteiger partial charge is 0.341 e. The standard InChI is InChI=1S/C37H34N4O5S2/c1-22(33(42)41-36-32(37(45)46-2)28-13-7-9-15-31(28)48-36)47-26-18-16-25(17-19-26)39-35(44)30(40-34(43)23-10-4-3-5-11-23)20-24-21-38-29-14-8-6-12-27(24)29/h3-6,8,10-12,14,16-22,38H,7,9,13,15H2,1-2H3,(H,39,44)(H,40,43)(H,41,42)/b30-20-. The fraction of sp³-hybridized carbons (Fsp3) is 0.189. The maximum atomic E-state index is 13.5. The second-order valence-electron chi connectivity index (χ2n) is 11.3. The molecule has 2 aromatic heterocycles. The lowest BCUT2D eigenvalue weighted by molar-refractivity contribution is -0.115. The van der Waals surface area contributed by atoms with Gasteiger partial charge in [0.05, 0.1) is 17.9 Å². The molecule has 1 aliphatic carbocycles. The highest BCUT2D eigenvalue weighted by atomic mass is 32.2. The van der Waals surface area contributed by atoms with Crippen LogP contribution in [-0.2, 0) is 27.2 Å². The number of esters is 1. The average Bonchev–Trinajstić information content (AvgIpc) is 3.69. The van der Waals surface area contributed by atoms with Gasteiger partial charge in [-0.3, -0.25) is 14.4 Å². The lowest BCUT2D eigenvalue weighted by atomic mass is 9.95. The van der Waals surface area contributed by atoms with E-state index in [1.54, 1.807) is 55.6 Å². The Morgan fingerprint density at radius 2 is 1.65 bits per heavy atom. The monoisotopic (exact) mass is 678 g/mol. The van der Waals surface area contributed by atoms with E-state index in [1.165, 1.54) is 30.2 Å². The van der Waals surface area contributed by atoms with Crippen molar-refractivity contribution < 1.29 is 23.9 Å². The number of carbonyl (C=O) groups is 4. The number of thioether (sulfide) groups is 1. The minimum atomic E-state index is -0.488. The maximum Gasteiger partial charge on any atom is 0.341 e. The van der Waals surface area contributed by atoms with E-state index in [9.17, 15) is 19.2 Å². The van der Waals surface area contributed by atoms with Crippen molar-refractivity contribution in [2.45, 2.75) is 42.8 Å². The summed E-state index contributed by atoms with van der Waals surface area (Å²) in [6.45, 7) is 1.80. The topological polar surface area (TPSA) is 129 Å². The second kappa shape index (κ2) is 14.7. The van der Waals surface area contributed by atoms with Crippen molar-refractivity contribution in [3.05, 3.63) is 118 Å². The van der Waals surface area contributed by atoms with Gasteiger partial charge in [0.25, 0.3) is 11.8 Å². The summed E-state index contributed by atoms with van der Waals surface area (Å²) in [6, 6.07) is 23.5. The number of thiophene rings is 1. The summed E-state index contributed by atoms with van der Waals surface area (Å²) in [5.41, 5.74) is 4.16. The predicted molar refractivity (Wildman–Crippen MR) is 192 cm³/mol. The van der Waals surface area contributed by atoms with Crippen molar-refractivity contribution in [2.75, 3.05) is 17.7 Å². The number of nitrogens with one attached hydrogen (secondary N) is 4. The lowest BCUT2D eigenvalue weighted by Crippen LogP contribution is -2.30. The molecular formula is C37H34N4O5S2. The first-order valence-corrected chi connectivity index (χ1v) is 17.3. The van der Waals surface area contributed by atoms with Crippen LogP contribution in [0.15, 0.2) is 95.7 Å². The van der Waals surface area contributed by atoms with Gasteiger partial charge >= 0.3 is 5.97 Å². The maximum absolute atomic E-state index is 13.5. The minimum Gasteiger partial charge on any atom is -0.465 e. The zero-order chi connectivity index (χ0) is 33.6. The number of hydrogen-bond acceptors (Lipinski definition) is 7. The van der Waals surface area contributed by atoms with Crippen molar-refractivity contribution >= 4 is 74.5 Å². The summed E-state index contributed by atoms with van der Waals surface area (Å²) in [6.07, 6.45) is 7.21. The van der Waals surface area contributed by atoms with Gasteiger partial charge in [-0.05, 0) is 86.7 Å². The van der Waals surface area contributed by atoms with Crippen LogP contribution in [0.3, 0.4) is 0 Å². The van der Waals surface area contributed by atoms with Crippen LogP contribution in [0.4, 0.5) is 10.7 Å². The first-order chi connectivity index (χ1) is 23.3. The SMILES string of the molecule is COC(=O)c1c(NC(=O)C(C)Sc2ccc(NC(=O)/C(=C/c3c[nH]c4ccccc34)NC(=O)c3ccccc3)cc2)sc2c1CCCC2. The predicted octanol–water partition coefficient (Wildman–Crippen LogP) is 7.42. The van der Waals surface area contributed by atoms with E-state index >= 15 is 0 Å². The van der Waals surface area contributed by atoms with Crippen LogP contribution in [0.1, 0.15) is 56.5 Å². The normalized spacial score (nSPS) is 13.3. The van der Waals surface area contributed by atoms with Gasteiger partial charge in [0.15, 0.2) is 0 Å². The highest BCUT2D eigenvalue weighted by molar-refractivity contribution is 8.00. The van der Waals surface area contributed by atoms with E-state index in [0.717, 1.165) is 57.5 Å². The Morgan fingerprint density at radius 3 is 2.42 bits per heavy atom. The molecule has 244 valence electrons. The lowest BCUT2D eigenvalue weighted by Gasteiger charge is -2.14. The summed E-state index contributed by atoms with van der Waals surface area (Å²) in [7, 11) is 1.35. The molecule has 48 heavy (non-hydrogen) atoms. The second-order valence-corrected chi connectivity index (χ2v) is 13.8. The zero-order valence-corrected chi connectivity index (χ0v) is 28.1. The highest BCUT2D eigenvalue weighted by Crippen LogP contribution is 2.39. The zero-order valence-electron chi connectivity index (χ0n) is 26.4. The Hall–Kier alpha value is -5.13. The molecule has 1 atom stereocenters. The van der Waals surface area contributed by atoms with Crippen LogP contribution in [0.5, 0.6) is 0 Å². The third kappa shape index (κ3) is 7.37. The molecule has 0 spiro atoms. The van der Waals surface area contributed by atoms with Crippen LogP contribution in [-0.4, -0.2) is 41.0 Å². The summed E-state index contributed by atoms with van der Waals surface area (Å²) in [5.74, 6) is -1.54. The molecule has 6 rings (SSSR count). The van der Waals surface area contributed by atoms with Crippen molar-refractivity contribution in [1.82, 2.24) is 10.3 Å². The Labute approximate surface area is 286 Å². The number of aryl methyl sites for hydroxylation is 1. The quantitative estimate of drug-likeness (QED) is 0.0691. The number of methoxy groups -OCH3 is 1. The van der Waals surface area contributed by atoms with Crippen LogP contribution in [0, 0.1) is 0 Å². The van der Waals surface area contributed by atoms with Crippen molar-refractivity contribution in [3.63, 3.8) is 0 Å². The molecule has 0 aliphatic heterocycles. The van der Waals surface area contributed by atoms with E-state index in [1.807, 2.05) is 42.5 Å². The highest BCUT2D eigenvalue weighted by Gasteiger charge is 2.28. The molecule has 1 unspecified atom stereocenters. The summed E-state index contributed by atoms with van der Waals surface area (Å²) < 4.78 is 5.03. The number of para-hydroxylation sites is 1. The van der Waals surface area contributed by atoms with E-state index in [-0.39, 0.29) is 11.6 Å². The summed E-state index contributed by atoms with van der Waals surface area (Å²) in [4.78, 5) is 57.5. The fourth-order valence-corrected chi connectivity index (χ4v) is 7.72. The van der Waals surface area contributed by atoms with E-state index in [0.29, 0.717) is 21.8 Å². The molecule has 1 aliphatic rings. The molecular weight excluding hydrogens is 645 g/mol. The molecule has 0 saturated heterocycles. The van der Waals surface area contributed by atoms with E-state index in [4.69, 9.17) is 4.74 Å². The fourth-order valence-electron chi connectivity index (χ4n) is 5.57. The molecule has 0 fully saturated rings. The molecule has 0 bridgehead atoms. The molecule has 3 amide bonds. The number of rotatable bonds is 10. The average molecular weight is 679 g/mol. The van der Waals surface area contributed by atoms with Gasteiger partial charge in [-0.25, -0.2) is 4.79 Å². The first-order valence-electron chi connectivity index (χ1n) is 15.6. The number of anilines is 2. The number of carbonyl (C=O) groups excluding carboxylic acids is 4. The van der Waals surface area contributed by atoms with E-state index in [2.05, 4.69) is 20.9 Å².